The van der Waals surface area contributed by atoms with Crippen molar-refractivity contribution < 1.29 is 9.53 Å². The number of rotatable bonds is 6. The van der Waals surface area contributed by atoms with Crippen molar-refractivity contribution in [1.29, 1.82) is 0 Å². The SMILES string of the molecule is CC(OCc1ccccc1)C(=O)NC(C)c1ncn[nH]1. The lowest BCUT2D eigenvalue weighted by Gasteiger charge is -2.16. The van der Waals surface area contributed by atoms with Gasteiger partial charge in [-0.25, -0.2) is 4.98 Å². The smallest absolute Gasteiger partial charge is 0.249 e. The summed E-state index contributed by atoms with van der Waals surface area (Å²) in [6.07, 6.45) is 0.883. The van der Waals surface area contributed by atoms with E-state index >= 15 is 0 Å². The number of carbonyl (C=O) groups is 1. The van der Waals surface area contributed by atoms with Gasteiger partial charge < -0.3 is 10.1 Å². The average molecular weight is 274 g/mol. The van der Waals surface area contributed by atoms with E-state index in [2.05, 4.69) is 20.5 Å². The van der Waals surface area contributed by atoms with Crippen molar-refractivity contribution in [2.75, 3.05) is 0 Å². The zero-order valence-corrected chi connectivity index (χ0v) is 11.5. The van der Waals surface area contributed by atoms with Gasteiger partial charge in [-0.05, 0) is 19.4 Å². The topological polar surface area (TPSA) is 79.9 Å². The molecule has 0 spiro atoms. The quantitative estimate of drug-likeness (QED) is 0.838. The number of ether oxygens (including phenoxy) is 1. The molecule has 6 nitrogen and oxygen atoms in total. The first-order valence-corrected chi connectivity index (χ1v) is 6.48. The van der Waals surface area contributed by atoms with Crippen LogP contribution in [0.2, 0.25) is 0 Å². The van der Waals surface area contributed by atoms with Crippen LogP contribution in [0.5, 0.6) is 0 Å². The lowest BCUT2D eigenvalue weighted by Crippen LogP contribution is -2.36. The van der Waals surface area contributed by atoms with Crippen molar-refractivity contribution in [3.05, 3.63) is 48.0 Å². The summed E-state index contributed by atoms with van der Waals surface area (Å²) in [4.78, 5) is 16.0. The molecule has 0 radical (unpaired) electrons. The molecule has 1 aromatic carbocycles. The fourth-order valence-electron chi connectivity index (χ4n) is 1.69. The maximum Gasteiger partial charge on any atom is 0.249 e. The van der Waals surface area contributed by atoms with Crippen molar-refractivity contribution in [2.24, 2.45) is 0 Å². The van der Waals surface area contributed by atoms with E-state index in [1.54, 1.807) is 6.92 Å². The number of hydrogen-bond donors (Lipinski definition) is 2. The molecular weight excluding hydrogens is 256 g/mol. The van der Waals surface area contributed by atoms with Crippen LogP contribution in [0.3, 0.4) is 0 Å². The lowest BCUT2D eigenvalue weighted by molar-refractivity contribution is -0.133. The molecule has 0 aliphatic rings. The van der Waals surface area contributed by atoms with Gasteiger partial charge in [0.25, 0.3) is 0 Å². The molecule has 106 valence electrons. The second-order valence-corrected chi connectivity index (χ2v) is 4.54. The van der Waals surface area contributed by atoms with Gasteiger partial charge in [0.15, 0.2) is 0 Å². The fraction of sp³-hybridized carbons (Fsp3) is 0.357. The first kappa shape index (κ1) is 14.2. The van der Waals surface area contributed by atoms with Crippen molar-refractivity contribution in [2.45, 2.75) is 32.6 Å². The van der Waals surface area contributed by atoms with E-state index in [4.69, 9.17) is 4.74 Å². The molecule has 1 aromatic heterocycles. The minimum absolute atomic E-state index is 0.176. The van der Waals surface area contributed by atoms with Gasteiger partial charge in [0, 0.05) is 0 Å². The van der Waals surface area contributed by atoms with Crippen LogP contribution < -0.4 is 5.32 Å². The zero-order valence-electron chi connectivity index (χ0n) is 11.5. The summed E-state index contributed by atoms with van der Waals surface area (Å²) in [5, 5.41) is 9.30. The van der Waals surface area contributed by atoms with Gasteiger partial charge in [-0.15, -0.1) is 0 Å². The second-order valence-electron chi connectivity index (χ2n) is 4.54. The van der Waals surface area contributed by atoms with Crippen molar-refractivity contribution in [3.63, 3.8) is 0 Å². The molecule has 2 rings (SSSR count). The summed E-state index contributed by atoms with van der Waals surface area (Å²) < 4.78 is 5.55. The normalized spacial score (nSPS) is 13.7. The number of nitrogens with one attached hydrogen (secondary N) is 2. The summed E-state index contributed by atoms with van der Waals surface area (Å²) in [6.45, 7) is 3.97. The number of hydrogen-bond acceptors (Lipinski definition) is 4. The highest BCUT2D eigenvalue weighted by molar-refractivity contribution is 5.80. The molecule has 0 aliphatic heterocycles. The predicted molar refractivity (Wildman–Crippen MR) is 73.6 cm³/mol. The second kappa shape index (κ2) is 6.81. The van der Waals surface area contributed by atoms with Crippen molar-refractivity contribution >= 4 is 5.91 Å². The Labute approximate surface area is 117 Å². The van der Waals surface area contributed by atoms with Gasteiger partial charge >= 0.3 is 0 Å². The summed E-state index contributed by atoms with van der Waals surface area (Å²) >= 11 is 0. The van der Waals surface area contributed by atoms with Crippen LogP contribution in [-0.4, -0.2) is 27.2 Å². The number of aromatic amines is 1. The number of nitrogens with zero attached hydrogens (tertiary/aromatic N) is 2. The molecule has 2 unspecified atom stereocenters. The standard InChI is InChI=1S/C14H18N4O2/c1-10(13-15-9-16-18-13)17-14(19)11(2)20-8-12-6-4-3-5-7-12/h3-7,9-11H,8H2,1-2H3,(H,17,19)(H,15,16,18). The highest BCUT2D eigenvalue weighted by atomic mass is 16.5. The minimum Gasteiger partial charge on any atom is -0.364 e. The van der Waals surface area contributed by atoms with Crippen LogP contribution >= 0.6 is 0 Å². The van der Waals surface area contributed by atoms with Crippen LogP contribution in [0.4, 0.5) is 0 Å². The van der Waals surface area contributed by atoms with Gasteiger partial charge in [0.1, 0.15) is 18.3 Å². The number of benzene rings is 1. The van der Waals surface area contributed by atoms with Crippen LogP contribution in [0.15, 0.2) is 36.7 Å². The van der Waals surface area contributed by atoms with Gasteiger partial charge in [0.05, 0.1) is 12.6 Å². The highest BCUT2D eigenvalue weighted by Crippen LogP contribution is 2.07. The summed E-state index contributed by atoms with van der Waals surface area (Å²) in [5.74, 6) is 0.443. The molecule has 20 heavy (non-hydrogen) atoms. The van der Waals surface area contributed by atoms with Crippen molar-refractivity contribution in [3.8, 4) is 0 Å². The van der Waals surface area contributed by atoms with E-state index in [0.29, 0.717) is 12.4 Å². The van der Waals surface area contributed by atoms with E-state index in [1.807, 2.05) is 37.3 Å². The summed E-state index contributed by atoms with van der Waals surface area (Å²) in [5.41, 5.74) is 1.04. The van der Waals surface area contributed by atoms with Gasteiger partial charge in [-0.2, -0.15) is 5.10 Å². The molecule has 1 amide bonds. The zero-order chi connectivity index (χ0) is 14.4. The Hall–Kier alpha value is -2.21. The van der Waals surface area contributed by atoms with Crippen LogP contribution in [-0.2, 0) is 16.1 Å². The summed E-state index contributed by atoms with van der Waals surface area (Å²) in [7, 11) is 0. The van der Waals surface area contributed by atoms with Crippen LogP contribution in [0, 0.1) is 0 Å². The third-order valence-electron chi connectivity index (χ3n) is 2.91. The Bertz CT molecular complexity index is 527. The first-order chi connectivity index (χ1) is 9.66. The Morgan fingerprint density at radius 1 is 1.35 bits per heavy atom. The number of H-pyrrole nitrogens is 1. The molecule has 6 heteroatoms. The number of aromatic nitrogens is 3. The first-order valence-electron chi connectivity index (χ1n) is 6.48. The van der Waals surface area contributed by atoms with Crippen molar-refractivity contribution in [1.82, 2.24) is 20.5 Å². The predicted octanol–water partition coefficient (Wildman–Crippen LogP) is 1.59. The monoisotopic (exact) mass is 274 g/mol. The van der Waals surface area contributed by atoms with E-state index in [-0.39, 0.29) is 11.9 Å². The van der Waals surface area contributed by atoms with Crippen LogP contribution in [0.25, 0.3) is 0 Å². The Balaban J connectivity index is 1.80. The van der Waals surface area contributed by atoms with E-state index in [9.17, 15) is 4.79 Å². The Kier molecular flexibility index (Phi) is 4.84. The minimum atomic E-state index is -0.527. The van der Waals surface area contributed by atoms with Gasteiger partial charge in [-0.3, -0.25) is 9.89 Å². The largest absolute Gasteiger partial charge is 0.364 e. The molecule has 0 bridgehead atoms. The highest BCUT2D eigenvalue weighted by Gasteiger charge is 2.17. The molecule has 0 saturated carbocycles. The van der Waals surface area contributed by atoms with E-state index < -0.39 is 6.10 Å². The number of carbonyl (C=O) groups excluding carboxylic acids is 1. The van der Waals surface area contributed by atoms with Gasteiger partial charge in [0.2, 0.25) is 5.91 Å². The molecule has 1 heterocycles. The third kappa shape index (κ3) is 3.89. The lowest BCUT2D eigenvalue weighted by atomic mass is 10.2. The Morgan fingerprint density at radius 2 is 2.10 bits per heavy atom. The van der Waals surface area contributed by atoms with E-state index in [1.165, 1.54) is 6.33 Å². The molecule has 2 N–H and O–H groups in total. The number of amides is 1. The molecule has 0 saturated heterocycles. The van der Waals surface area contributed by atoms with Gasteiger partial charge in [-0.1, -0.05) is 30.3 Å². The fourth-order valence-corrected chi connectivity index (χ4v) is 1.69. The third-order valence-corrected chi connectivity index (χ3v) is 2.91. The molecule has 2 atom stereocenters. The maximum atomic E-state index is 12.0. The summed E-state index contributed by atoms with van der Waals surface area (Å²) in [6, 6.07) is 9.51. The molecule has 0 aliphatic carbocycles. The Morgan fingerprint density at radius 3 is 2.75 bits per heavy atom. The average Bonchev–Trinajstić information content (AvgIpc) is 3.00. The molecule has 2 aromatic rings. The van der Waals surface area contributed by atoms with E-state index in [0.717, 1.165) is 5.56 Å². The molecule has 0 fully saturated rings. The maximum absolute atomic E-state index is 12.0. The molecular formula is C14H18N4O2. The van der Waals surface area contributed by atoms with Crippen LogP contribution in [0.1, 0.15) is 31.3 Å².